The van der Waals surface area contributed by atoms with Crippen LogP contribution in [0.5, 0.6) is 0 Å². The van der Waals surface area contributed by atoms with Gasteiger partial charge in [-0.3, -0.25) is 0 Å². The maximum atomic E-state index is 10.5. The lowest BCUT2D eigenvalue weighted by atomic mass is 9.90. The molecule has 5 heteroatoms. The van der Waals surface area contributed by atoms with E-state index in [0.717, 1.165) is 77.2 Å². The lowest BCUT2D eigenvalue weighted by molar-refractivity contribution is 1.18. The standard InChI is InChI=1S/C45H25N5/c1-48-32-20-24-42-39(26-32)36-12-4-6-14-40(36)49(42)33-21-18-30(19-22-33)34-10-2-3-13-37(34)45-31(28-47)9-8-16-44(45)50-41-15-7-5-11-35(41)38-25-29(27-46)17-23-43(38)50/h2-26H. The molecule has 9 aromatic rings. The molecule has 0 saturated heterocycles. The molecule has 0 atom stereocenters. The number of para-hydroxylation sites is 2. The average molecular weight is 636 g/mol. The quantitative estimate of drug-likeness (QED) is 0.181. The zero-order chi connectivity index (χ0) is 33.8. The van der Waals surface area contributed by atoms with Gasteiger partial charge in [-0.1, -0.05) is 84.9 Å². The average Bonchev–Trinajstić information content (AvgIpc) is 3.69. The molecule has 9 rings (SSSR count). The van der Waals surface area contributed by atoms with E-state index in [1.54, 1.807) is 0 Å². The van der Waals surface area contributed by atoms with E-state index in [0.29, 0.717) is 16.8 Å². The molecule has 2 heterocycles. The highest BCUT2D eigenvalue weighted by molar-refractivity contribution is 6.11. The monoisotopic (exact) mass is 635 g/mol. The Hall–Kier alpha value is -7.39. The highest BCUT2D eigenvalue weighted by atomic mass is 15.0. The molecule has 0 bridgehead atoms. The van der Waals surface area contributed by atoms with Crippen molar-refractivity contribution in [1.29, 1.82) is 10.5 Å². The van der Waals surface area contributed by atoms with Gasteiger partial charge in [-0.2, -0.15) is 10.5 Å². The number of fused-ring (bicyclic) bond motifs is 6. The van der Waals surface area contributed by atoms with E-state index in [-0.39, 0.29) is 0 Å². The molecule has 0 fully saturated rings. The minimum Gasteiger partial charge on any atom is -0.309 e. The van der Waals surface area contributed by atoms with E-state index in [4.69, 9.17) is 6.57 Å². The van der Waals surface area contributed by atoms with Crippen molar-refractivity contribution >= 4 is 49.3 Å². The van der Waals surface area contributed by atoms with Crippen LogP contribution in [0.3, 0.4) is 0 Å². The fourth-order valence-corrected chi connectivity index (χ4v) is 7.46. The molecular weight excluding hydrogens is 611 g/mol. The first-order valence-corrected chi connectivity index (χ1v) is 16.3. The second kappa shape index (κ2) is 11.4. The molecule has 0 spiro atoms. The predicted octanol–water partition coefficient (Wildman–Crippen LogP) is 11.5. The molecule has 0 saturated carbocycles. The first-order chi connectivity index (χ1) is 24.7. The summed E-state index contributed by atoms with van der Waals surface area (Å²) in [6, 6.07) is 55.6. The van der Waals surface area contributed by atoms with Crippen LogP contribution in [-0.2, 0) is 0 Å². The number of hydrogen-bond donors (Lipinski definition) is 0. The summed E-state index contributed by atoms with van der Waals surface area (Å²) in [4.78, 5) is 3.67. The van der Waals surface area contributed by atoms with Crippen LogP contribution in [0.4, 0.5) is 5.69 Å². The zero-order valence-electron chi connectivity index (χ0n) is 26.7. The topological polar surface area (TPSA) is 61.8 Å². The summed E-state index contributed by atoms with van der Waals surface area (Å²) in [7, 11) is 0. The van der Waals surface area contributed by atoms with Crippen LogP contribution in [-0.4, -0.2) is 9.13 Å². The van der Waals surface area contributed by atoms with Gasteiger partial charge < -0.3 is 9.13 Å². The van der Waals surface area contributed by atoms with Crippen molar-refractivity contribution in [3.05, 3.63) is 174 Å². The largest absolute Gasteiger partial charge is 0.309 e. The smallest absolute Gasteiger partial charge is 0.188 e. The Kier molecular flexibility index (Phi) is 6.56. The normalized spacial score (nSPS) is 11.1. The molecule has 0 amide bonds. The molecule has 230 valence electrons. The molecular formula is C45H25N5. The molecule has 0 unspecified atom stereocenters. The van der Waals surface area contributed by atoms with Gasteiger partial charge in [0.1, 0.15) is 0 Å². The molecule has 0 radical (unpaired) electrons. The molecule has 0 aliphatic rings. The van der Waals surface area contributed by atoms with Gasteiger partial charge in [-0.15, -0.1) is 0 Å². The molecule has 0 aliphatic heterocycles. The predicted molar refractivity (Wildman–Crippen MR) is 202 cm³/mol. The molecule has 0 aliphatic carbocycles. The minimum absolute atomic E-state index is 0.579. The van der Waals surface area contributed by atoms with E-state index in [1.807, 2.05) is 84.9 Å². The van der Waals surface area contributed by atoms with E-state index in [2.05, 4.69) is 92.8 Å². The summed E-state index contributed by atoms with van der Waals surface area (Å²) < 4.78 is 4.46. The summed E-state index contributed by atoms with van der Waals surface area (Å²) in [6.07, 6.45) is 0. The fourth-order valence-electron chi connectivity index (χ4n) is 7.46. The summed E-state index contributed by atoms with van der Waals surface area (Å²) >= 11 is 0. The van der Waals surface area contributed by atoms with E-state index >= 15 is 0 Å². The molecule has 2 aromatic heterocycles. The first-order valence-electron chi connectivity index (χ1n) is 16.3. The van der Waals surface area contributed by atoms with Gasteiger partial charge in [0.2, 0.25) is 0 Å². The van der Waals surface area contributed by atoms with Gasteiger partial charge in [0.25, 0.3) is 0 Å². The maximum absolute atomic E-state index is 10.5. The number of aromatic nitrogens is 2. The number of nitriles is 2. The third-order valence-corrected chi connectivity index (χ3v) is 9.62. The van der Waals surface area contributed by atoms with Gasteiger partial charge in [-0.25, -0.2) is 4.85 Å². The Morgan fingerprint density at radius 3 is 1.84 bits per heavy atom. The number of nitrogens with zero attached hydrogens (tertiary/aromatic N) is 5. The first kappa shape index (κ1) is 28.8. The van der Waals surface area contributed by atoms with Crippen LogP contribution in [0, 0.1) is 29.2 Å². The van der Waals surface area contributed by atoms with Crippen molar-refractivity contribution in [1.82, 2.24) is 9.13 Å². The number of benzene rings is 7. The highest BCUT2D eigenvalue weighted by Crippen LogP contribution is 2.42. The Bertz CT molecular complexity index is 2960. The van der Waals surface area contributed by atoms with Crippen LogP contribution in [0.1, 0.15) is 11.1 Å². The van der Waals surface area contributed by atoms with Crippen LogP contribution in [0.15, 0.2) is 152 Å². The summed E-state index contributed by atoms with van der Waals surface area (Å²) in [5.41, 5.74) is 11.7. The lowest BCUT2D eigenvalue weighted by Crippen LogP contribution is -2.00. The number of hydrogen-bond acceptors (Lipinski definition) is 2. The summed E-state index contributed by atoms with van der Waals surface area (Å²) in [5.74, 6) is 0. The SMILES string of the molecule is [C-]#[N+]c1ccc2c(c1)c1ccccc1n2-c1ccc(-c2ccccc2-c2c(C#N)cccc2-n2c3ccccc3c3cc(C#N)ccc32)cc1. The molecule has 50 heavy (non-hydrogen) atoms. The van der Waals surface area contributed by atoms with Crippen molar-refractivity contribution in [2.75, 3.05) is 0 Å². The number of rotatable bonds is 4. The van der Waals surface area contributed by atoms with Crippen molar-refractivity contribution < 1.29 is 0 Å². The lowest BCUT2D eigenvalue weighted by Gasteiger charge is -2.18. The molecule has 7 aromatic carbocycles. The van der Waals surface area contributed by atoms with Crippen molar-refractivity contribution in [2.24, 2.45) is 0 Å². The van der Waals surface area contributed by atoms with E-state index in [1.165, 1.54) is 0 Å². The van der Waals surface area contributed by atoms with Gasteiger partial charge >= 0.3 is 0 Å². The van der Waals surface area contributed by atoms with Crippen molar-refractivity contribution in [3.8, 4) is 45.8 Å². The van der Waals surface area contributed by atoms with Crippen molar-refractivity contribution in [3.63, 3.8) is 0 Å². The van der Waals surface area contributed by atoms with Crippen molar-refractivity contribution in [2.45, 2.75) is 0 Å². The third kappa shape index (κ3) is 4.31. The van der Waals surface area contributed by atoms with Crippen LogP contribution in [0.2, 0.25) is 0 Å². The Morgan fingerprint density at radius 1 is 0.500 bits per heavy atom. The summed E-state index contributed by atoms with van der Waals surface area (Å²) in [6.45, 7) is 7.54. The van der Waals surface area contributed by atoms with Gasteiger partial charge in [0.15, 0.2) is 5.69 Å². The van der Waals surface area contributed by atoms with E-state index < -0.39 is 0 Å². The Morgan fingerprint density at radius 2 is 1.12 bits per heavy atom. The molecule has 0 N–H and O–H groups in total. The second-order valence-corrected chi connectivity index (χ2v) is 12.3. The molecule has 5 nitrogen and oxygen atoms in total. The third-order valence-electron chi connectivity index (χ3n) is 9.62. The minimum atomic E-state index is 0.579. The van der Waals surface area contributed by atoms with Crippen LogP contribution in [0.25, 0.3) is 82.1 Å². The Balaban J connectivity index is 1.24. The van der Waals surface area contributed by atoms with E-state index in [9.17, 15) is 10.5 Å². The van der Waals surface area contributed by atoms with Crippen LogP contribution < -0.4 is 0 Å². The van der Waals surface area contributed by atoms with Gasteiger partial charge in [-0.05, 0) is 88.8 Å². The highest BCUT2D eigenvalue weighted by Gasteiger charge is 2.21. The van der Waals surface area contributed by atoms with Gasteiger partial charge in [0, 0.05) is 27.4 Å². The Labute approximate surface area is 288 Å². The second-order valence-electron chi connectivity index (χ2n) is 12.3. The maximum Gasteiger partial charge on any atom is 0.188 e. The fraction of sp³-hybridized carbons (Fsp3) is 0. The van der Waals surface area contributed by atoms with Crippen LogP contribution >= 0.6 is 0 Å². The van der Waals surface area contributed by atoms with Gasteiger partial charge in [0.05, 0.1) is 57.6 Å². The zero-order valence-corrected chi connectivity index (χ0v) is 26.7. The summed E-state index contributed by atoms with van der Waals surface area (Å²) in [5, 5.41) is 24.4.